The third-order valence-corrected chi connectivity index (χ3v) is 4.64. The second-order valence-corrected chi connectivity index (χ2v) is 7.06. The number of nitrogens with one attached hydrogen (secondary N) is 1. The molecule has 0 aliphatic rings. The number of hydrogen-bond donors (Lipinski definition) is 1. The highest BCUT2D eigenvalue weighted by Gasteiger charge is 2.11. The van der Waals surface area contributed by atoms with Crippen molar-refractivity contribution >= 4 is 11.7 Å². The van der Waals surface area contributed by atoms with Gasteiger partial charge in [0.1, 0.15) is 18.2 Å². The van der Waals surface area contributed by atoms with Gasteiger partial charge in [-0.3, -0.25) is 4.79 Å². The standard InChI is InChI=1S/C25H23N3O2/c1-19-16-24(28(27-19)22-10-6-3-7-11-22)26-25(29)17-20-12-14-23(15-13-20)30-18-21-8-4-2-5-9-21/h2-16H,17-18H2,1H3,(H,26,29). The van der Waals surface area contributed by atoms with Crippen LogP contribution in [0.4, 0.5) is 5.82 Å². The van der Waals surface area contributed by atoms with Crippen molar-refractivity contribution in [2.24, 2.45) is 0 Å². The highest BCUT2D eigenvalue weighted by Crippen LogP contribution is 2.18. The van der Waals surface area contributed by atoms with Crippen LogP contribution in [0.5, 0.6) is 5.75 Å². The Morgan fingerprint density at radius 1 is 0.900 bits per heavy atom. The van der Waals surface area contributed by atoms with Gasteiger partial charge in [0.2, 0.25) is 5.91 Å². The molecule has 3 aromatic carbocycles. The Hall–Kier alpha value is -3.86. The molecule has 0 aliphatic carbocycles. The Morgan fingerprint density at radius 2 is 1.57 bits per heavy atom. The third kappa shape index (κ3) is 4.94. The molecule has 1 amide bonds. The lowest BCUT2D eigenvalue weighted by molar-refractivity contribution is -0.115. The van der Waals surface area contributed by atoms with E-state index >= 15 is 0 Å². The summed E-state index contributed by atoms with van der Waals surface area (Å²) < 4.78 is 7.55. The summed E-state index contributed by atoms with van der Waals surface area (Å²) in [5, 5.41) is 7.45. The molecule has 1 N–H and O–H groups in total. The highest BCUT2D eigenvalue weighted by atomic mass is 16.5. The van der Waals surface area contributed by atoms with Crippen LogP contribution in [0.15, 0.2) is 91.0 Å². The van der Waals surface area contributed by atoms with Crippen molar-refractivity contribution in [2.45, 2.75) is 20.0 Å². The van der Waals surface area contributed by atoms with Crippen molar-refractivity contribution in [3.8, 4) is 11.4 Å². The van der Waals surface area contributed by atoms with Gasteiger partial charge in [-0.1, -0.05) is 60.7 Å². The molecule has 0 bridgehead atoms. The first-order valence-corrected chi connectivity index (χ1v) is 9.85. The predicted molar refractivity (Wildman–Crippen MR) is 118 cm³/mol. The molecule has 4 rings (SSSR count). The number of benzene rings is 3. The van der Waals surface area contributed by atoms with E-state index in [2.05, 4.69) is 10.4 Å². The Labute approximate surface area is 175 Å². The van der Waals surface area contributed by atoms with Crippen LogP contribution in [0.3, 0.4) is 0 Å². The first kappa shape index (κ1) is 19.5. The molecule has 0 unspecified atom stereocenters. The molecule has 0 spiro atoms. The van der Waals surface area contributed by atoms with Gasteiger partial charge >= 0.3 is 0 Å². The van der Waals surface area contributed by atoms with Crippen LogP contribution >= 0.6 is 0 Å². The maximum Gasteiger partial charge on any atom is 0.229 e. The SMILES string of the molecule is Cc1cc(NC(=O)Cc2ccc(OCc3ccccc3)cc2)n(-c2ccccc2)n1. The van der Waals surface area contributed by atoms with Crippen LogP contribution in [-0.4, -0.2) is 15.7 Å². The molecule has 0 atom stereocenters. The van der Waals surface area contributed by atoms with Crippen LogP contribution in [0.2, 0.25) is 0 Å². The number of amides is 1. The molecule has 5 heteroatoms. The number of rotatable bonds is 7. The lowest BCUT2D eigenvalue weighted by atomic mass is 10.1. The third-order valence-electron chi connectivity index (χ3n) is 4.64. The lowest BCUT2D eigenvalue weighted by Crippen LogP contribution is -2.17. The first-order chi connectivity index (χ1) is 14.7. The van der Waals surface area contributed by atoms with E-state index in [1.54, 1.807) is 4.68 Å². The number of aryl methyl sites for hydroxylation is 1. The van der Waals surface area contributed by atoms with E-state index in [0.717, 1.165) is 28.3 Å². The molecule has 30 heavy (non-hydrogen) atoms. The van der Waals surface area contributed by atoms with E-state index in [-0.39, 0.29) is 12.3 Å². The zero-order valence-electron chi connectivity index (χ0n) is 16.8. The smallest absolute Gasteiger partial charge is 0.229 e. The summed E-state index contributed by atoms with van der Waals surface area (Å²) in [6, 6.07) is 29.3. The lowest BCUT2D eigenvalue weighted by Gasteiger charge is -2.10. The average molecular weight is 397 g/mol. The molecular formula is C25H23N3O2. The van der Waals surface area contributed by atoms with Gasteiger partial charge in [0.25, 0.3) is 0 Å². The first-order valence-electron chi connectivity index (χ1n) is 9.85. The molecule has 0 fully saturated rings. The number of carbonyl (C=O) groups is 1. The normalized spacial score (nSPS) is 10.6. The largest absolute Gasteiger partial charge is 0.489 e. The van der Waals surface area contributed by atoms with Crippen LogP contribution in [0.1, 0.15) is 16.8 Å². The Kier molecular flexibility index (Phi) is 5.90. The zero-order valence-corrected chi connectivity index (χ0v) is 16.8. The van der Waals surface area contributed by atoms with Gasteiger partial charge in [0, 0.05) is 6.07 Å². The van der Waals surface area contributed by atoms with E-state index in [0.29, 0.717) is 12.4 Å². The topological polar surface area (TPSA) is 56.1 Å². The van der Waals surface area contributed by atoms with Gasteiger partial charge in [-0.15, -0.1) is 0 Å². The molecule has 0 saturated carbocycles. The van der Waals surface area contributed by atoms with Crippen molar-refractivity contribution < 1.29 is 9.53 Å². The van der Waals surface area contributed by atoms with Gasteiger partial charge in [0.05, 0.1) is 17.8 Å². The van der Waals surface area contributed by atoms with Gasteiger partial charge < -0.3 is 10.1 Å². The fraction of sp³-hybridized carbons (Fsp3) is 0.120. The number of anilines is 1. The molecule has 0 saturated heterocycles. The monoisotopic (exact) mass is 397 g/mol. The maximum absolute atomic E-state index is 12.6. The average Bonchev–Trinajstić information content (AvgIpc) is 3.14. The Morgan fingerprint density at radius 3 is 2.27 bits per heavy atom. The van der Waals surface area contributed by atoms with Crippen LogP contribution in [0, 0.1) is 6.92 Å². The molecule has 0 radical (unpaired) electrons. The number of carbonyl (C=O) groups excluding carboxylic acids is 1. The number of hydrogen-bond acceptors (Lipinski definition) is 3. The van der Waals surface area contributed by atoms with E-state index in [1.807, 2.05) is 97.9 Å². The molecule has 4 aromatic rings. The summed E-state index contributed by atoms with van der Waals surface area (Å²) in [5.41, 5.74) is 3.78. The van der Waals surface area contributed by atoms with Crippen LogP contribution in [0.25, 0.3) is 5.69 Å². The quantitative estimate of drug-likeness (QED) is 0.480. The van der Waals surface area contributed by atoms with Crippen molar-refractivity contribution in [3.05, 3.63) is 108 Å². The minimum absolute atomic E-state index is 0.0926. The maximum atomic E-state index is 12.6. The van der Waals surface area contributed by atoms with Gasteiger partial charge in [-0.05, 0) is 42.3 Å². The zero-order chi connectivity index (χ0) is 20.8. The minimum Gasteiger partial charge on any atom is -0.489 e. The minimum atomic E-state index is -0.0926. The highest BCUT2D eigenvalue weighted by molar-refractivity contribution is 5.91. The van der Waals surface area contributed by atoms with E-state index in [1.165, 1.54) is 0 Å². The summed E-state index contributed by atoms with van der Waals surface area (Å²) in [6.07, 6.45) is 0.276. The van der Waals surface area contributed by atoms with Crippen LogP contribution < -0.4 is 10.1 Å². The van der Waals surface area contributed by atoms with Gasteiger partial charge in [0.15, 0.2) is 0 Å². The Bertz CT molecular complexity index is 1100. The van der Waals surface area contributed by atoms with Crippen molar-refractivity contribution in [3.63, 3.8) is 0 Å². The van der Waals surface area contributed by atoms with Crippen molar-refractivity contribution in [2.75, 3.05) is 5.32 Å². The van der Waals surface area contributed by atoms with E-state index < -0.39 is 0 Å². The fourth-order valence-electron chi connectivity index (χ4n) is 3.17. The number of nitrogens with zero attached hydrogens (tertiary/aromatic N) is 2. The summed E-state index contributed by atoms with van der Waals surface area (Å²) >= 11 is 0. The van der Waals surface area contributed by atoms with E-state index in [9.17, 15) is 4.79 Å². The summed E-state index contributed by atoms with van der Waals surface area (Å²) in [4.78, 5) is 12.6. The number of ether oxygens (including phenoxy) is 1. The second kappa shape index (κ2) is 9.09. The van der Waals surface area contributed by atoms with E-state index in [4.69, 9.17) is 4.74 Å². The van der Waals surface area contributed by atoms with Crippen molar-refractivity contribution in [1.29, 1.82) is 0 Å². The molecular weight excluding hydrogens is 374 g/mol. The molecule has 5 nitrogen and oxygen atoms in total. The van der Waals surface area contributed by atoms with Crippen molar-refractivity contribution in [1.82, 2.24) is 9.78 Å². The van der Waals surface area contributed by atoms with Crippen LogP contribution in [-0.2, 0) is 17.8 Å². The molecule has 150 valence electrons. The molecule has 1 aromatic heterocycles. The summed E-state index contributed by atoms with van der Waals surface area (Å²) in [6.45, 7) is 2.42. The Balaban J connectivity index is 1.37. The van der Waals surface area contributed by atoms with Gasteiger partial charge in [-0.25, -0.2) is 4.68 Å². The predicted octanol–water partition coefficient (Wildman–Crippen LogP) is 4.94. The second-order valence-electron chi connectivity index (χ2n) is 7.06. The summed E-state index contributed by atoms with van der Waals surface area (Å²) in [7, 11) is 0. The van der Waals surface area contributed by atoms with Gasteiger partial charge in [-0.2, -0.15) is 5.10 Å². The molecule has 1 heterocycles. The fourth-order valence-corrected chi connectivity index (χ4v) is 3.17. The summed E-state index contributed by atoms with van der Waals surface area (Å²) in [5.74, 6) is 1.34. The number of para-hydroxylation sites is 1. The number of aromatic nitrogens is 2. The molecule has 0 aliphatic heterocycles.